The van der Waals surface area contributed by atoms with Crippen molar-refractivity contribution >= 4 is 27.5 Å². The topological polar surface area (TPSA) is 72.2 Å². The zero-order valence-corrected chi connectivity index (χ0v) is 13.0. The molecule has 0 saturated heterocycles. The van der Waals surface area contributed by atoms with Gasteiger partial charge in [0.25, 0.3) is 0 Å². The molecule has 0 amide bonds. The van der Waals surface area contributed by atoms with E-state index in [1.54, 1.807) is 11.8 Å². The van der Waals surface area contributed by atoms with Crippen molar-refractivity contribution in [1.82, 2.24) is 4.72 Å². The molecule has 1 aliphatic carbocycles. The van der Waals surface area contributed by atoms with Gasteiger partial charge in [-0.2, -0.15) is 11.8 Å². The van der Waals surface area contributed by atoms with Gasteiger partial charge in [-0.1, -0.05) is 12.8 Å². The van der Waals surface area contributed by atoms with Crippen LogP contribution in [-0.4, -0.2) is 26.0 Å². The second kappa shape index (κ2) is 5.91. The lowest BCUT2D eigenvalue weighted by Gasteiger charge is -2.26. The van der Waals surface area contributed by atoms with Gasteiger partial charge in [-0.3, -0.25) is 0 Å². The fourth-order valence-electron chi connectivity index (χ4n) is 2.51. The summed E-state index contributed by atoms with van der Waals surface area (Å²) in [4.78, 5) is -0.346. The molecule has 0 atom stereocenters. The average Bonchev–Trinajstić information content (AvgIpc) is 2.85. The number of rotatable bonds is 5. The molecule has 1 aliphatic rings. The molecule has 1 saturated carbocycles. The van der Waals surface area contributed by atoms with Crippen molar-refractivity contribution in [3.63, 3.8) is 0 Å². The molecule has 7 heteroatoms. The molecule has 112 valence electrons. The smallest absolute Gasteiger partial charge is 0.243 e. The molecule has 4 nitrogen and oxygen atoms in total. The minimum Gasteiger partial charge on any atom is -0.399 e. The van der Waals surface area contributed by atoms with E-state index < -0.39 is 15.8 Å². The van der Waals surface area contributed by atoms with Crippen LogP contribution in [0.15, 0.2) is 23.1 Å². The van der Waals surface area contributed by atoms with E-state index in [2.05, 4.69) is 4.72 Å². The standard InChI is InChI=1S/C13H19FN2O2S2/c1-19-13(6-2-3-7-13)9-16-20(17,18)12-5-4-10(15)8-11(12)14/h4-5,8,16H,2-3,6-7,9,15H2,1H3. The minimum absolute atomic E-state index is 0.0582. The van der Waals surface area contributed by atoms with E-state index >= 15 is 0 Å². The Hall–Kier alpha value is -0.790. The molecule has 1 aromatic carbocycles. The number of anilines is 1. The van der Waals surface area contributed by atoms with Gasteiger partial charge in [0.15, 0.2) is 0 Å². The molecule has 1 fully saturated rings. The van der Waals surface area contributed by atoms with Gasteiger partial charge in [0.05, 0.1) is 0 Å². The molecular formula is C13H19FN2O2S2. The fraction of sp³-hybridized carbons (Fsp3) is 0.538. The highest BCUT2D eigenvalue weighted by Crippen LogP contribution is 2.39. The van der Waals surface area contributed by atoms with Crippen molar-refractivity contribution in [3.8, 4) is 0 Å². The molecule has 0 bridgehead atoms. The monoisotopic (exact) mass is 318 g/mol. The maximum absolute atomic E-state index is 13.7. The van der Waals surface area contributed by atoms with Crippen LogP contribution in [0.5, 0.6) is 0 Å². The lowest BCUT2D eigenvalue weighted by molar-refractivity contribution is 0.538. The third-order valence-corrected chi connectivity index (χ3v) is 6.63. The van der Waals surface area contributed by atoms with E-state index in [0.717, 1.165) is 31.7 Å². The van der Waals surface area contributed by atoms with Crippen molar-refractivity contribution in [3.05, 3.63) is 24.0 Å². The fourth-order valence-corrected chi connectivity index (χ4v) is 4.70. The molecule has 0 radical (unpaired) electrons. The molecule has 0 heterocycles. The molecular weight excluding hydrogens is 299 g/mol. The van der Waals surface area contributed by atoms with E-state index in [-0.39, 0.29) is 15.3 Å². The van der Waals surface area contributed by atoms with Gasteiger partial charge >= 0.3 is 0 Å². The highest BCUT2D eigenvalue weighted by Gasteiger charge is 2.34. The van der Waals surface area contributed by atoms with Crippen LogP contribution >= 0.6 is 11.8 Å². The van der Waals surface area contributed by atoms with Gasteiger partial charge in [-0.25, -0.2) is 17.5 Å². The highest BCUT2D eigenvalue weighted by atomic mass is 32.2. The van der Waals surface area contributed by atoms with Gasteiger partial charge in [0, 0.05) is 17.0 Å². The Morgan fingerprint density at radius 1 is 1.40 bits per heavy atom. The van der Waals surface area contributed by atoms with Crippen molar-refractivity contribution < 1.29 is 12.8 Å². The first-order valence-electron chi connectivity index (χ1n) is 6.48. The van der Waals surface area contributed by atoms with Gasteiger partial charge in [0.1, 0.15) is 10.7 Å². The Kier molecular flexibility index (Phi) is 4.61. The molecule has 0 unspecified atom stereocenters. The Bertz CT molecular complexity index is 584. The van der Waals surface area contributed by atoms with Gasteiger partial charge in [-0.15, -0.1) is 0 Å². The summed E-state index contributed by atoms with van der Waals surface area (Å²) in [6.07, 6.45) is 6.18. The Morgan fingerprint density at radius 3 is 2.60 bits per heavy atom. The van der Waals surface area contributed by atoms with E-state index in [0.29, 0.717) is 6.54 Å². The molecule has 0 aromatic heterocycles. The molecule has 20 heavy (non-hydrogen) atoms. The second-order valence-corrected chi connectivity index (χ2v) is 8.12. The van der Waals surface area contributed by atoms with Crippen LogP contribution in [-0.2, 0) is 10.0 Å². The lowest BCUT2D eigenvalue weighted by atomic mass is 10.1. The number of sulfonamides is 1. The van der Waals surface area contributed by atoms with E-state index in [1.807, 2.05) is 6.26 Å². The van der Waals surface area contributed by atoms with E-state index in [1.165, 1.54) is 12.1 Å². The van der Waals surface area contributed by atoms with Crippen molar-refractivity contribution in [2.45, 2.75) is 35.3 Å². The van der Waals surface area contributed by atoms with Crippen molar-refractivity contribution in [2.24, 2.45) is 0 Å². The number of thioether (sulfide) groups is 1. The average molecular weight is 318 g/mol. The first-order chi connectivity index (χ1) is 9.38. The van der Waals surface area contributed by atoms with Crippen molar-refractivity contribution in [1.29, 1.82) is 0 Å². The summed E-state index contributed by atoms with van der Waals surface area (Å²) < 4.78 is 40.6. The molecule has 0 spiro atoms. The Morgan fingerprint density at radius 2 is 2.05 bits per heavy atom. The Balaban J connectivity index is 2.15. The van der Waals surface area contributed by atoms with Crippen LogP contribution in [0, 0.1) is 5.82 Å². The summed E-state index contributed by atoms with van der Waals surface area (Å²) >= 11 is 1.68. The van der Waals surface area contributed by atoms with Crippen LogP contribution in [0.1, 0.15) is 25.7 Å². The largest absolute Gasteiger partial charge is 0.399 e. The molecule has 0 aliphatic heterocycles. The third-order valence-electron chi connectivity index (χ3n) is 3.78. The second-order valence-electron chi connectivity index (χ2n) is 5.11. The van der Waals surface area contributed by atoms with Gasteiger partial charge < -0.3 is 5.73 Å². The molecule has 2 rings (SSSR count). The van der Waals surface area contributed by atoms with Gasteiger partial charge in [-0.05, 0) is 37.3 Å². The van der Waals surface area contributed by atoms with Crippen molar-refractivity contribution in [2.75, 3.05) is 18.5 Å². The number of nitrogens with one attached hydrogen (secondary N) is 1. The maximum Gasteiger partial charge on any atom is 0.243 e. The van der Waals surface area contributed by atoms with Crippen LogP contribution in [0.2, 0.25) is 0 Å². The summed E-state index contributed by atoms with van der Waals surface area (Å²) in [5.74, 6) is -0.817. The Labute approximate surface area is 123 Å². The zero-order valence-electron chi connectivity index (χ0n) is 11.4. The molecule has 1 aromatic rings. The molecule has 3 N–H and O–H groups in total. The highest BCUT2D eigenvalue weighted by molar-refractivity contribution is 8.00. The minimum atomic E-state index is -3.84. The van der Waals surface area contributed by atoms with E-state index in [9.17, 15) is 12.8 Å². The predicted octanol–water partition coefficient (Wildman–Crippen LogP) is 2.36. The zero-order chi connectivity index (χ0) is 14.8. The van der Waals surface area contributed by atoms with Crippen LogP contribution in [0.25, 0.3) is 0 Å². The van der Waals surface area contributed by atoms with Gasteiger partial charge in [0.2, 0.25) is 10.0 Å². The van der Waals surface area contributed by atoms with Crippen LogP contribution in [0.3, 0.4) is 0 Å². The summed E-state index contributed by atoms with van der Waals surface area (Å²) in [5, 5.41) is 0. The SMILES string of the molecule is CSC1(CNS(=O)(=O)c2ccc(N)cc2F)CCCC1. The summed E-state index contributed by atoms with van der Waals surface area (Å²) in [6.45, 7) is 0.334. The lowest BCUT2D eigenvalue weighted by Crippen LogP contribution is -2.38. The summed E-state index contributed by atoms with van der Waals surface area (Å²) in [7, 11) is -3.84. The summed E-state index contributed by atoms with van der Waals surface area (Å²) in [6, 6.07) is 3.61. The number of nitrogens with two attached hydrogens (primary N) is 1. The maximum atomic E-state index is 13.7. The number of hydrogen-bond donors (Lipinski definition) is 2. The summed E-state index contributed by atoms with van der Waals surface area (Å²) in [5.41, 5.74) is 5.63. The predicted molar refractivity (Wildman–Crippen MR) is 80.7 cm³/mol. The first-order valence-corrected chi connectivity index (χ1v) is 9.19. The number of halogens is 1. The van der Waals surface area contributed by atoms with E-state index in [4.69, 9.17) is 5.73 Å². The third kappa shape index (κ3) is 3.27. The van der Waals surface area contributed by atoms with Crippen LogP contribution < -0.4 is 10.5 Å². The first kappa shape index (κ1) is 15.6. The number of benzene rings is 1. The number of nitrogen functional groups attached to an aromatic ring is 1. The quantitative estimate of drug-likeness (QED) is 0.818. The normalized spacial score (nSPS) is 18.3. The van der Waals surface area contributed by atoms with Crippen LogP contribution in [0.4, 0.5) is 10.1 Å². The number of hydrogen-bond acceptors (Lipinski definition) is 4.